The Bertz CT molecular complexity index is 126. The minimum Gasteiger partial charge on any atom is -0.420 e. The third kappa shape index (κ3) is 5.63. The molecule has 5 heteroatoms. The third-order valence-electron chi connectivity index (χ3n) is 0.919. The van der Waals surface area contributed by atoms with E-state index in [2.05, 4.69) is 4.74 Å². The number of carbonyl (C=O) groups is 1. The number of alkyl carbamates (subject to hydrolysis) is 1. The molecule has 11 heavy (non-hydrogen) atoms. The van der Waals surface area contributed by atoms with Crippen LogP contribution in [0.5, 0.6) is 0 Å². The number of rotatable bonds is 3. The maximum absolute atomic E-state index is 10.6. The Morgan fingerprint density at radius 1 is 1.64 bits per heavy atom. The largest absolute Gasteiger partial charge is 0.420 e. The summed E-state index contributed by atoms with van der Waals surface area (Å²) in [7, 11) is 0. The Kier molecular flexibility index (Phi) is 4.56. The summed E-state index contributed by atoms with van der Waals surface area (Å²) in [4.78, 5) is 10.6. The highest BCUT2D eigenvalue weighted by atomic mass is 16.6. The van der Waals surface area contributed by atoms with Crippen molar-refractivity contribution in [3.63, 3.8) is 0 Å². The van der Waals surface area contributed by atoms with E-state index in [0.29, 0.717) is 6.42 Å². The topological polar surface area (TPSA) is 78.8 Å². The molecule has 0 aliphatic carbocycles. The van der Waals surface area contributed by atoms with E-state index in [1.165, 1.54) is 6.92 Å². The first-order valence-corrected chi connectivity index (χ1v) is 3.39. The molecular formula is C6H13NO4. The predicted octanol–water partition coefficient (Wildman–Crippen LogP) is -0.221. The molecule has 0 heterocycles. The maximum Gasteiger partial charge on any atom is 0.411 e. The Hall–Kier alpha value is -0.810. The van der Waals surface area contributed by atoms with E-state index in [4.69, 9.17) is 10.2 Å². The van der Waals surface area contributed by atoms with Crippen LogP contribution in [0.25, 0.3) is 0 Å². The second kappa shape index (κ2) is 4.92. The molecule has 0 spiro atoms. The van der Waals surface area contributed by atoms with Crippen LogP contribution in [-0.2, 0) is 4.74 Å². The van der Waals surface area contributed by atoms with Crippen LogP contribution in [0.2, 0.25) is 0 Å². The minimum absolute atomic E-state index is 0.327. The van der Waals surface area contributed by atoms with E-state index in [1.807, 2.05) is 5.32 Å². The zero-order valence-electron chi connectivity index (χ0n) is 6.57. The number of nitrogens with one attached hydrogen (secondary N) is 1. The van der Waals surface area contributed by atoms with Crippen molar-refractivity contribution in [2.75, 3.05) is 0 Å². The van der Waals surface area contributed by atoms with Crippen molar-refractivity contribution < 1.29 is 19.7 Å². The molecule has 0 aliphatic heterocycles. The van der Waals surface area contributed by atoms with Gasteiger partial charge < -0.3 is 14.9 Å². The number of carbonyl (C=O) groups excluding carboxylic acids is 1. The minimum atomic E-state index is -1.10. The molecule has 0 saturated heterocycles. The zero-order valence-corrected chi connectivity index (χ0v) is 6.57. The summed E-state index contributed by atoms with van der Waals surface area (Å²) in [6.07, 6.45) is -2.57. The fourth-order valence-electron chi connectivity index (χ4n) is 0.411. The van der Waals surface area contributed by atoms with Crippen molar-refractivity contribution in [1.29, 1.82) is 0 Å². The van der Waals surface area contributed by atoms with Gasteiger partial charge in [-0.25, -0.2) is 4.79 Å². The van der Waals surface area contributed by atoms with E-state index < -0.39 is 18.6 Å². The molecule has 0 saturated carbocycles. The first-order chi connectivity index (χ1) is 5.06. The van der Waals surface area contributed by atoms with Crippen LogP contribution < -0.4 is 5.32 Å². The van der Waals surface area contributed by atoms with E-state index in [-0.39, 0.29) is 0 Å². The molecule has 0 aromatic rings. The van der Waals surface area contributed by atoms with Gasteiger partial charge in [0.15, 0.2) is 0 Å². The molecule has 3 N–H and O–H groups in total. The first-order valence-electron chi connectivity index (χ1n) is 3.39. The van der Waals surface area contributed by atoms with Crippen LogP contribution in [0.1, 0.15) is 20.3 Å². The van der Waals surface area contributed by atoms with Gasteiger partial charge in [0, 0.05) is 6.42 Å². The zero-order chi connectivity index (χ0) is 8.85. The van der Waals surface area contributed by atoms with Gasteiger partial charge in [0.2, 0.25) is 6.29 Å². The summed E-state index contributed by atoms with van der Waals surface area (Å²) >= 11 is 0. The lowest BCUT2D eigenvalue weighted by Gasteiger charge is -2.11. The molecule has 0 aromatic heterocycles. The van der Waals surface area contributed by atoms with Crippen LogP contribution in [0, 0.1) is 0 Å². The highest BCUT2D eigenvalue weighted by molar-refractivity contribution is 5.67. The fourth-order valence-corrected chi connectivity index (χ4v) is 0.411. The van der Waals surface area contributed by atoms with Crippen LogP contribution in [0.3, 0.4) is 0 Å². The monoisotopic (exact) mass is 163 g/mol. The van der Waals surface area contributed by atoms with E-state index in [9.17, 15) is 4.79 Å². The van der Waals surface area contributed by atoms with Crippen LogP contribution >= 0.6 is 0 Å². The van der Waals surface area contributed by atoms with Gasteiger partial charge in [0.05, 0.1) is 0 Å². The fraction of sp³-hybridized carbons (Fsp3) is 0.833. The van der Waals surface area contributed by atoms with Gasteiger partial charge in [-0.05, 0) is 6.92 Å². The summed E-state index contributed by atoms with van der Waals surface area (Å²) < 4.78 is 4.36. The Morgan fingerprint density at radius 3 is 2.55 bits per heavy atom. The van der Waals surface area contributed by atoms with Gasteiger partial charge in [0.1, 0.15) is 6.23 Å². The number of hydrogen-bond donors (Lipinski definition) is 3. The number of amides is 1. The Morgan fingerprint density at radius 2 is 2.18 bits per heavy atom. The average molecular weight is 163 g/mol. The van der Waals surface area contributed by atoms with E-state index in [0.717, 1.165) is 0 Å². The summed E-state index contributed by atoms with van der Waals surface area (Å²) in [5.41, 5.74) is 0. The number of aliphatic hydroxyl groups excluding tert-OH is 2. The SMILES string of the molecule is CCC(O)OC(=O)NC(C)O. The lowest BCUT2D eigenvalue weighted by atomic mass is 10.5. The highest BCUT2D eigenvalue weighted by Crippen LogP contribution is 1.92. The quantitative estimate of drug-likeness (QED) is 0.502. The van der Waals surface area contributed by atoms with Gasteiger partial charge >= 0.3 is 6.09 Å². The molecule has 0 rings (SSSR count). The average Bonchev–Trinajstić information content (AvgIpc) is 1.85. The maximum atomic E-state index is 10.6. The molecule has 66 valence electrons. The van der Waals surface area contributed by atoms with Crippen LogP contribution in [0.15, 0.2) is 0 Å². The van der Waals surface area contributed by atoms with Gasteiger partial charge in [-0.3, -0.25) is 5.32 Å². The molecule has 2 atom stereocenters. The molecule has 0 aromatic carbocycles. The smallest absolute Gasteiger partial charge is 0.411 e. The van der Waals surface area contributed by atoms with Crippen LogP contribution in [-0.4, -0.2) is 28.8 Å². The van der Waals surface area contributed by atoms with Crippen molar-refractivity contribution in [3.8, 4) is 0 Å². The van der Waals surface area contributed by atoms with Crippen LogP contribution in [0.4, 0.5) is 4.79 Å². The van der Waals surface area contributed by atoms with E-state index in [1.54, 1.807) is 6.92 Å². The standard InChI is InChI=1S/C6H13NO4/c1-3-5(9)11-6(10)7-4(2)8/h4-5,8-9H,3H2,1-2H3,(H,7,10). The Balaban J connectivity index is 3.52. The first kappa shape index (κ1) is 10.2. The lowest BCUT2D eigenvalue weighted by Crippen LogP contribution is -2.35. The van der Waals surface area contributed by atoms with E-state index >= 15 is 0 Å². The van der Waals surface area contributed by atoms with Gasteiger partial charge in [-0.2, -0.15) is 0 Å². The number of aliphatic hydroxyl groups is 2. The highest BCUT2D eigenvalue weighted by Gasteiger charge is 2.09. The number of hydrogen-bond acceptors (Lipinski definition) is 4. The van der Waals surface area contributed by atoms with Gasteiger partial charge in [-0.1, -0.05) is 6.92 Å². The summed E-state index contributed by atoms with van der Waals surface area (Å²) in [5, 5.41) is 19.4. The summed E-state index contributed by atoms with van der Waals surface area (Å²) in [6.45, 7) is 3.04. The molecule has 0 fully saturated rings. The third-order valence-corrected chi connectivity index (χ3v) is 0.919. The van der Waals surface area contributed by atoms with Gasteiger partial charge in [0.25, 0.3) is 0 Å². The van der Waals surface area contributed by atoms with Crippen molar-refractivity contribution in [3.05, 3.63) is 0 Å². The predicted molar refractivity (Wildman–Crippen MR) is 37.6 cm³/mol. The van der Waals surface area contributed by atoms with Crippen molar-refractivity contribution in [2.45, 2.75) is 32.8 Å². The Labute approximate surface area is 65.0 Å². The van der Waals surface area contributed by atoms with Gasteiger partial charge in [-0.15, -0.1) is 0 Å². The molecule has 1 amide bonds. The van der Waals surface area contributed by atoms with Crippen molar-refractivity contribution in [1.82, 2.24) is 5.32 Å². The molecule has 0 radical (unpaired) electrons. The normalized spacial score (nSPS) is 15.3. The molecule has 0 bridgehead atoms. The number of ether oxygens (including phenoxy) is 1. The van der Waals surface area contributed by atoms with Crippen molar-refractivity contribution >= 4 is 6.09 Å². The molecule has 0 aliphatic rings. The second-order valence-corrected chi connectivity index (χ2v) is 2.09. The lowest BCUT2D eigenvalue weighted by molar-refractivity contribution is -0.0569. The summed E-state index contributed by atoms with van der Waals surface area (Å²) in [5.74, 6) is 0. The molecule has 2 unspecified atom stereocenters. The van der Waals surface area contributed by atoms with Crippen molar-refractivity contribution in [2.24, 2.45) is 0 Å². The molecule has 5 nitrogen and oxygen atoms in total. The second-order valence-electron chi connectivity index (χ2n) is 2.09. The summed E-state index contributed by atoms with van der Waals surface area (Å²) in [6, 6.07) is 0. The molecular weight excluding hydrogens is 150 g/mol.